The fraction of sp³-hybridized carbons (Fsp3) is 0.206. The highest BCUT2D eigenvalue weighted by Gasteiger charge is 2.48. The molecular weight excluding hydrogens is 486 g/mol. The first kappa shape index (κ1) is 26.4. The summed E-state index contributed by atoms with van der Waals surface area (Å²) < 4.78 is 17.9. The maximum absolute atomic E-state index is 14.0. The van der Waals surface area contributed by atoms with Gasteiger partial charge in [-0.3, -0.25) is 4.79 Å². The van der Waals surface area contributed by atoms with Gasteiger partial charge >= 0.3 is 0 Å². The Hall–Kier alpha value is -4.19. The number of hydrogen-bond donors (Lipinski definition) is 0. The molecule has 4 aromatic rings. The molecule has 0 bridgehead atoms. The summed E-state index contributed by atoms with van der Waals surface area (Å²) in [5.74, 6) is 0.445. The van der Waals surface area contributed by atoms with E-state index in [0.717, 1.165) is 28.1 Å². The molecule has 0 saturated carbocycles. The van der Waals surface area contributed by atoms with E-state index in [1.807, 2.05) is 108 Å². The Labute approximate surface area is 230 Å². The van der Waals surface area contributed by atoms with Gasteiger partial charge < -0.3 is 19.1 Å². The largest absolute Gasteiger partial charge is 0.497 e. The number of anilines is 1. The predicted octanol–water partition coefficient (Wildman–Crippen LogP) is 6.54. The molecule has 1 aliphatic rings. The molecule has 1 amide bonds. The van der Waals surface area contributed by atoms with E-state index in [1.54, 1.807) is 7.11 Å². The van der Waals surface area contributed by atoms with Crippen molar-refractivity contribution >= 4 is 17.7 Å². The SMILES string of the molecule is COc1ccc(N2C(=O)[C@@H](OCc3ccccc3)[C@H](COCc3ccccc3)[C@H]2/C=C\c2ccccc2)cc1. The van der Waals surface area contributed by atoms with Gasteiger partial charge in [0, 0.05) is 11.6 Å². The van der Waals surface area contributed by atoms with E-state index in [4.69, 9.17) is 14.2 Å². The number of methoxy groups -OCH3 is 1. The molecule has 0 N–H and O–H groups in total. The molecule has 39 heavy (non-hydrogen) atoms. The van der Waals surface area contributed by atoms with Gasteiger partial charge in [0.05, 0.1) is 33.0 Å². The highest BCUT2D eigenvalue weighted by molar-refractivity contribution is 6.00. The third-order valence-electron chi connectivity index (χ3n) is 6.94. The monoisotopic (exact) mass is 519 g/mol. The first-order valence-electron chi connectivity index (χ1n) is 13.2. The van der Waals surface area contributed by atoms with E-state index < -0.39 is 6.10 Å². The lowest BCUT2D eigenvalue weighted by Gasteiger charge is -2.26. The van der Waals surface area contributed by atoms with Crippen molar-refractivity contribution in [2.75, 3.05) is 18.6 Å². The van der Waals surface area contributed by atoms with Crippen LogP contribution in [0.4, 0.5) is 5.69 Å². The van der Waals surface area contributed by atoms with Gasteiger partial charge in [0.2, 0.25) is 0 Å². The quantitative estimate of drug-likeness (QED) is 0.226. The van der Waals surface area contributed by atoms with Gasteiger partial charge in [-0.15, -0.1) is 0 Å². The van der Waals surface area contributed by atoms with E-state index in [9.17, 15) is 4.79 Å². The summed E-state index contributed by atoms with van der Waals surface area (Å²) in [5, 5.41) is 0. The van der Waals surface area contributed by atoms with Crippen molar-refractivity contribution in [3.8, 4) is 5.75 Å². The van der Waals surface area contributed by atoms with Gasteiger partial charge in [0.1, 0.15) is 11.9 Å². The standard InChI is InChI=1S/C34H33NO4/c1-37-30-20-18-29(19-21-30)35-32(22-17-26-11-5-2-6-12-26)31(25-38-23-27-13-7-3-8-14-27)33(34(35)36)39-24-28-15-9-4-10-16-28/h2-22,31-33H,23-25H2,1H3/b22-17-/t31-,32-,33+/m1/s1. The molecule has 5 heteroatoms. The molecule has 198 valence electrons. The van der Waals surface area contributed by atoms with Crippen LogP contribution >= 0.6 is 0 Å². The van der Waals surface area contributed by atoms with Gasteiger partial charge in [0.15, 0.2) is 0 Å². The fourth-order valence-corrected chi connectivity index (χ4v) is 4.91. The summed E-state index contributed by atoms with van der Waals surface area (Å²) in [5.41, 5.74) is 3.97. The lowest BCUT2D eigenvalue weighted by Crippen LogP contribution is -2.35. The molecule has 0 spiro atoms. The lowest BCUT2D eigenvalue weighted by molar-refractivity contribution is -0.131. The summed E-state index contributed by atoms with van der Waals surface area (Å²) in [4.78, 5) is 15.9. The molecule has 0 radical (unpaired) electrons. The van der Waals surface area contributed by atoms with Gasteiger partial charge in [-0.2, -0.15) is 0 Å². The van der Waals surface area contributed by atoms with Crippen LogP contribution < -0.4 is 9.64 Å². The van der Waals surface area contributed by atoms with Crippen molar-refractivity contribution in [2.24, 2.45) is 5.92 Å². The van der Waals surface area contributed by atoms with Crippen LogP contribution in [0.2, 0.25) is 0 Å². The molecule has 1 aliphatic heterocycles. The zero-order valence-corrected chi connectivity index (χ0v) is 22.1. The van der Waals surface area contributed by atoms with Crippen molar-refractivity contribution in [3.63, 3.8) is 0 Å². The van der Waals surface area contributed by atoms with Crippen LogP contribution in [0.1, 0.15) is 16.7 Å². The average Bonchev–Trinajstić information content (AvgIpc) is 3.26. The molecule has 1 heterocycles. The summed E-state index contributed by atoms with van der Waals surface area (Å²) in [6.45, 7) is 1.18. The van der Waals surface area contributed by atoms with Gasteiger partial charge in [-0.05, 0) is 41.0 Å². The molecule has 5 nitrogen and oxygen atoms in total. The number of benzene rings is 4. The summed E-state index contributed by atoms with van der Waals surface area (Å²) in [6, 6.07) is 37.4. The number of amides is 1. The van der Waals surface area contributed by atoms with Gasteiger partial charge in [-0.1, -0.05) is 103 Å². The molecule has 0 aliphatic carbocycles. The predicted molar refractivity (Wildman–Crippen MR) is 154 cm³/mol. The minimum Gasteiger partial charge on any atom is -0.497 e. The first-order chi connectivity index (χ1) is 19.2. The Balaban J connectivity index is 1.46. The number of rotatable bonds is 11. The van der Waals surface area contributed by atoms with Crippen LogP contribution in [-0.2, 0) is 27.5 Å². The van der Waals surface area contributed by atoms with Crippen LogP contribution in [0.15, 0.2) is 121 Å². The van der Waals surface area contributed by atoms with E-state index in [0.29, 0.717) is 19.8 Å². The van der Waals surface area contributed by atoms with Crippen LogP contribution in [0.5, 0.6) is 5.75 Å². The Morgan fingerprint density at radius 2 is 1.33 bits per heavy atom. The molecule has 3 atom stereocenters. The second-order valence-electron chi connectivity index (χ2n) is 9.55. The third-order valence-corrected chi connectivity index (χ3v) is 6.94. The highest BCUT2D eigenvalue weighted by Crippen LogP contribution is 2.36. The van der Waals surface area contributed by atoms with Crippen molar-refractivity contribution in [3.05, 3.63) is 138 Å². The van der Waals surface area contributed by atoms with Crippen LogP contribution in [0, 0.1) is 5.92 Å². The Morgan fingerprint density at radius 1 is 0.744 bits per heavy atom. The first-order valence-corrected chi connectivity index (χ1v) is 13.2. The number of nitrogens with zero attached hydrogens (tertiary/aromatic N) is 1. The smallest absolute Gasteiger partial charge is 0.257 e. The van der Waals surface area contributed by atoms with E-state index >= 15 is 0 Å². The molecule has 0 unspecified atom stereocenters. The van der Waals surface area contributed by atoms with Crippen LogP contribution in [0.3, 0.4) is 0 Å². The molecule has 4 aromatic carbocycles. The van der Waals surface area contributed by atoms with Gasteiger partial charge in [0.25, 0.3) is 5.91 Å². The Morgan fingerprint density at radius 3 is 1.95 bits per heavy atom. The van der Waals surface area contributed by atoms with Gasteiger partial charge in [-0.25, -0.2) is 0 Å². The minimum atomic E-state index is -0.659. The Bertz CT molecular complexity index is 1340. The molecule has 5 rings (SSSR count). The minimum absolute atomic E-state index is 0.0767. The number of carbonyl (C=O) groups excluding carboxylic acids is 1. The number of ether oxygens (including phenoxy) is 3. The normalized spacial score (nSPS) is 19.1. The lowest BCUT2D eigenvalue weighted by atomic mass is 9.97. The maximum atomic E-state index is 14.0. The Kier molecular flexibility index (Phi) is 8.84. The van der Waals surface area contributed by atoms with Crippen molar-refractivity contribution in [1.29, 1.82) is 0 Å². The summed E-state index contributed by atoms with van der Waals surface area (Å²) in [7, 11) is 1.63. The van der Waals surface area contributed by atoms with Crippen LogP contribution in [-0.4, -0.2) is 31.8 Å². The summed E-state index contributed by atoms with van der Waals surface area (Å²) in [6.07, 6.45) is 3.51. The number of hydrogen-bond acceptors (Lipinski definition) is 4. The van der Waals surface area contributed by atoms with Crippen LogP contribution in [0.25, 0.3) is 6.08 Å². The van der Waals surface area contributed by atoms with Crippen molar-refractivity contribution < 1.29 is 19.0 Å². The van der Waals surface area contributed by atoms with Crippen molar-refractivity contribution in [1.82, 2.24) is 0 Å². The van der Waals surface area contributed by atoms with E-state index in [1.165, 1.54) is 0 Å². The molecule has 0 aromatic heterocycles. The van der Waals surface area contributed by atoms with E-state index in [2.05, 4.69) is 24.3 Å². The third kappa shape index (κ3) is 6.63. The zero-order valence-electron chi connectivity index (χ0n) is 22.1. The zero-order chi connectivity index (χ0) is 26.9. The highest BCUT2D eigenvalue weighted by atomic mass is 16.5. The molecule has 1 saturated heterocycles. The molecular formula is C34H33NO4. The topological polar surface area (TPSA) is 48.0 Å². The average molecular weight is 520 g/mol. The summed E-state index contributed by atoms with van der Waals surface area (Å²) >= 11 is 0. The molecule has 1 fully saturated rings. The number of carbonyl (C=O) groups is 1. The maximum Gasteiger partial charge on any atom is 0.257 e. The fourth-order valence-electron chi connectivity index (χ4n) is 4.91. The second-order valence-corrected chi connectivity index (χ2v) is 9.55. The van der Waals surface area contributed by atoms with E-state index in [-0.39, 0.29) is 17.9 Å². The second kappa shape index (κ2) is 13.1. The van der Waals surface area contributed by atoms with Crippen molar-refractivity contribution in [2.45, 2.75) is 25.4 Å².